The molecule has 0 aliphatic heterocycles. The molecule has 2 heteroatoms. The minimum Gasteiger partial charge on any atom is -0.494 e. The van der Waals surface area contributed by atoms with E-state index in [-0.39, 0.29) is 0 Å². The molecule has 1 fully saturated rings. The molecule has 1 saturated carbocycles. The lowest BCUT2D eigenvalue weighted by molar-refractivity contribution is 0.303. The maximum atomic E-state index is 5.72. The molecule has 15 heavy (non-hydrogen) atoms. The van der Waals surface area contributed by atoms with E-state index >= 15 is 0 Å². The van der Waals surface area contributed by atoms with E-state index in [0.29, 0.717) is 0 Å². The fourth-order valence-corrected chi connectivity index (χ4v) is 1.87. The van der Waals surface area contributed by atoms with Gasteiger partial charge >= 0.3 is 0 Å². The van der Waals surface area contributed by atoms with Crippen LogP contribution in [-0.4, -0.2) is 11.6 Å². The van der Waals surface area contributed by atoms with Gasteiger partial charge in [0.05, 0.1) is 6.61 Å². The Morgan fingerprint density at radius 1 is 1.27 bits per heavy atom. The van der Waals surface area contributed by atoms with Crippen LogP contribution in [0.5, 0.6) is 5.75 Å². The van der Waals surface area contributed by atoms with Gasteiger partial charge in [-0.3, -0.25) is 0 Å². The van der Waals surface area contributed by atoms with Crippen LogP contribution in [0.1, 0.15) is 19.3 Å². The second kappa shape index (κ2) is 3.61. The minimum atomic E-state index is 0.862. The summed E-state index contributed by atoms with van der Waals surface area (Å²) in [5.74, 6) is 1.93. The fourth-order valence-electron chi connectivity index (χ4n) is 1.87. The van der Waals surface area contributed by atoms with Crippen LogP contribution in [0.3, 0.4) is 0 Å². The summed E-state index contributed by atoms with van der Waals surface area (Å²) in [7, 11) is 0. The number of nitrogens with one attached hydrogen (secondary N) is 1. The zero-order chi connectivity index (χ0) is 10.1. The molecule has 0 radical (unpaired) electrons. The molecule has 0 saturated heterocycles. The van der Waals surface area contributed by atoms with Crippen LogP contribution in [0.2, 0.25) is 0 Å². The van der Waals surface area contributed by atoms with Gasteiger partial charge in [0.1, 0.15) is 5.75 Å². The van der Waals surface area contributed by atoms with Gasteiger partial charge < -0.3 is 9.72 Å². The summed E-state index contributed by atoms with van der Waals surface area (Å²) >= 11 is 0. The third kappa shape index (κ3) is 1.99. The second-order valence-electron chi connectivity index (χ2n) is 4.31. The van der Waals surface area contributed by atoms with E-state index in [1.54, 1.807) is 0 Å². The van der Waals surface area contributed by atoms with Crippen molar-refractivity contribution < 1.29 is 4.74 Å². The van der Waals surface area contributed by atoms with Crippen molar-refractivity contribution in [1.29, 1.82) is 0 Å². The molecule has 1 aliphatic rings. The highest BCUT2D eigenvalue weighted by molar-refractivity contribution is 5.80. The number of hydrogen-bond acceptors (Lipinski definition) is 1. The quantitative estimate of drug-likeness (QED) is 0.806. The van der Waals surface area contributed by atoms with Crippen molar-refractivity contribution in [3.63, 3.8) is 0 Å². The molecular formula is C13H15NO. The van der Waals surface area contributed by atoms with Crippen molar-refractivity contribution in [2.45, 2.75) is 19.3 Å². The summed E-state index contributed by atoms with van der Waals surface area (Å²) in [5.41, 5.74) is 1.17. The first-order valence-electron chi connectivity index (χ1n) is 5.62. The molecule has 1 N–H and O–H groups in total. The number of hydrogen-bond donors (Lipinski definition) is 1. The number of ether oxygens (including phenoxy) is 1. The molecule has 1 aromatic heterocycles. The van der Waals surface area contributed by atoms with Crippen molar-refractivity contribution in [2.75, 3.05) is 6.61 Å². The SMILES string of the molecule is c1cc2cc(OCCC3CC3)ccc2[nH]1. The predicted molar refractivity (Wildman–Crippen MR) is 61.1 cm³/mol. The first kappa shape index (κ1) is 8.84. The van der Waals surface area contributed by atoms with Gasteiger partial charge in [-0.05, 0) is 36.6 Å². The van der Waals surface area contributed by atoms with E-state index in [1.807, 2.05) is 12.3 Å². The van der Waals surface area contributed by atoms with Crippen molar-refractivity contribution in [1.82, 2.24) is 4.98 Å². The number of fused-ring (bicyclic) bond motifs is 1. The molecule has 2 aromatic rings. The Balaban J connectivity index is 1.67. The Labute approximate surface area is 89.3 Å². The summed E-state index contributed by atoms with van der Waals surface area (Å²) in [6.07, 6.45) is 5.98. The zero-order valence-electron chi connectivity index (χ0n) is 8.70. The third-order valence-electron chi connectivity index (χ3n) is 3.02. The van der Waals surface area contributed by atoms with Crippen molar-refractivity contribution in [2.24, 2.45) is 5.92 Å². The van der Waals surface area contributed by atoms with Crippen LogP contribution in [0, 0.1) is 5.92 Å². The highest BCUT2D eigenvalue weighted by Crippen LogP contribution is 2.32. The Morgan fingerprint density at radius 2 is 2.20 bits per heavy atom. The van der Waals surface area contributed by atoms with E-state index in [9.17, 15) is 0 Å². The molecule has 2 nitrogen and oxygen atoms in total. The van der Waals surface area contributed by atoms with Crippen molar-refractivity contribution >= 4 is 10.9 Å². The van der Waals surface area contributed by atoms with E-state index in [0.717, 1.165) is 18.3 Å². The van der Waals surface area contributed by atoms with Crippen LogP contribution in [0.15, 0.2) is 30.5 Å². The van der Waals surface area contributed by atoms with Crippen LogP contribution in [0.25, 0.3) is 10.9 Å². The van der Waals surface area contributed by atoms with E-state index in [1.165, 1.54) is 30.2 Å². The number of H-pyrrole nitrogens is 1. The Kier molecular flexibility index (Phi) is 2.13. The summed E-state index contributed by atoms with van der Waals surface area (Å²) < 4.78 is 5.72. The van der Waals surface area contributed by atoms with Gasteiger partial charge in [-0.15, -0.1) is 0 Å². The number of benzene rings is 1. The van der Waals surface area contributed by atoms with Crippen LogP contribution < -0.4 is 4.74 Å². The lowest BCUT2D eigenvalue weighted by atomic mass is 10.2. The minimum absolute atomic E-state index is 0.862. The second-order valence-corrected chi connectivity index (χ2v) is 4.31. The van der Waals surface area contributed by atoms with Gasteiger partial charge in [0, 0.05) is 17.1 Å². The lowest BCUT2D eigenvalue weighted by Gasteiger charge is -2.05. The van der Waals surface area contributed by atoms with E-state index in [4.69, 9.17) is 4.74 Å². The molecule has 1 heterocycles. The Hall–Kier alpha value is -1.44. The summed E-state index contributed by atoms with van der Waals surface area (Å²) in [6, 6.07) is 8.27. The predicted octanol–water partition coefficient (Wildman–Crippen LogP) is 3.35. The molecule has 1 aromatic carbocycles. The summed E-state index contributed by atoms with van der Waals surface area (Å²) in [4.78, 5) is 3.18. The number of aromatic amines is 1. The van der Waals surface area contributed by atoms with Gasteiger partial charge in [-0.25, -0.2) is 0 Å². The highest BCUT2D eigenvalue weighted by atomic mass is 16.5. The standard InChI is InChI=1S/C13H15NO/c1-2-10(1)6-8-15-12-3-4-13-11(9-12)5-7-14-13/h3-5,7,9-10,14H,1-2,6,8H2. The van der Waals surface area contributed by atoms with Crippen molar-refractivity contribution in [3.05, 3.63) is 30.5 Å². The third-order valence-corrected chi connectivity index (χ3v) is 3.02. The molecule has 3 rings (SSSR count). The Bertz CT molecular complexity index is 456. The van der Waals surface area contributed by atoms with Crippen LogP contribution >= 0.6 is 0 Å². The maximum Gasteiger partial charge on any atom is 0.120 e. The first-order chi connectivity index (χ1) is 7.42. The molecular weight excluding hydrogens is 186 g/mol. The first-order valence-corrected chi connectivity index (χ1v) is 5.62. The molecule has 0 atom stereocenters. The molecule has 0 bridgehead atoms. The van der Waals surface area contributed by atoms with Crippen LogP contribution in [-0.2, 0) is 0 Å². The highest BCUT2D eigenvalue weighted by Gasteiger charge is 2.20. The zero-order valence-corrected chi connectivity index (χ0v) is 8.70. The largest absolute Gasteiger partial charge is 0.494 e. The molecule has 0 spiro atoms. The molecule has 0 unspecified atom stereocenters. The van der Waals surface area contributed by atoms with Crippen LogP contribution in [0.4, 0.5) is 0 Å². The van der Waals surface area contributed by atoms with E-state index in [2.05, 4.69) is 23.2 Å². The maximum absolute atomic E-state index is 5.72. The summed E-state index contributed by atoms with van der Waals surface area (Å²) in [5, 5.41) is 1.22. The number of rotatable bonds is 4. The van der Waals surface area contributed by atoms with Gasteiger partial charge in [0.15, 0.2) is 0 Å². The molecule has 78 valence electrons. The smallest absolute Gasteiger partial charge is 0.120 e. The molecule has 0 amide bonds. The summed E-state index contributed by atoms with van der Waals surface area (Å²) in [6.45, 7) is 0.862. The topological polar surface area (TPSA) is 25.0 Å². The van der Waals surface area contributed by atoms with Crippen molar-refractivity contribution in [3.8, 4) is 5.75 Å². The number of aromatic nitrogens is 1. The average Bonchev–Trinajstić information content (AvgIpc) is 2.95. The van der Waals surface area contributed by atoms with Gasteiger partial charge in [0.2, 0.25) is 0 Å². The van der Waals surface area contributed by atoms with Gasteiger partial charge in [-0.2, -0.15) is 0 Å². The van der Waals surface area contributed by atoms with Gasteiger partial charge in [-0.1, -0.05) is 12.8 Å². The monoisotopic (exact) mass is 201 g/mol. The fraction of sp³-hybridized carbons (Fsp3) is 0.385. The van der Waals surface area contributed by atoms with E-state index < -0.39 is 0 Å². The lowest BCUT2D eigenvalue weighted by Crippen LogP contribution is -1.97. The normalized spacial score (nSPS) is 15.7. The van der Waals surface area contributed by atoms with Gasteiger partial charge in [0.25, 0.3) is 0 Å². The Morgan fingerprint density at radius 3 is 3.07 bits per heavy atom. The molecule has 1 aliphatic carbocycles. The average molecular weight is 201 g/mol.